The Morgan fingerprint density at radius 3 is 2.73 bits per heavy atom. The number of nitro groups is 1. The fourth-order valence-corrected chi connectivity index (χ4v) is 4.72. The molecular formula is C15H14ClN3O5S2. The maximum atomic E-state index is 12.6. The number of amides is 1. The summed E-state index contributed by atoms with van der Waals surface area (Å²) in [7, 11) is -3.85. The van der Waals surface area contributed by atoms with E-state index in [1.165, 1.54) is 24.3 Å². The number of sulfonamides is 1. The Morgan fingerprint density at radius 2 is 2.15 bits per heavy atom. The highest BCUT2D eigenvalue weighted by Crippen LogP contribution is 2.27. The van der Waals surface area contributed by atoms with E-state index in [0.717, 1.165) is 21.7 Å². The molecule has 26 heavy (non-hydrogen) atoms. The van der Waals surface area contributed by atoms with E-state index in [1.54, 1.807) is 11.4 Å². The predicted octanol–water partition coefficient (Wildman–Crippen LogP) is 3.13. The van der Waals surface area contributed by atoms with Gasteiger partial charge in [-0.05, 0) is 23.6 Å². The Hall–Kier alpha value is -2.27. The highest BCUT2D eigenvalue weighted by Gasteiger charge is 2.26. The Kier molecular flexibility index (Phi) is 6.48. The number of nitrogens with one attached hydrogen (secondary N) is 1. The predicted molar refractivity (Wildman–Crippen MR) is 100 cm³/mol. The topological polar surface area (TPSA) is 110 Å². The largest absolute Gasteiger partial charge is 0.325 e. The van der Waals surface area contributed by atoms with Crippen LogP contribution in [-0.4, -0.2) is 36.6 Å². The summed E-state index contributed by atoms with van der Waals surface area (Å²) in [4.78, 5) is 22.4. The first kappa shape index (κ1) is 20.0. The normalized spacial score (nSPS) is 11.3. The van der Waals surface area contributed by atoms with Crippen LogP contribution in [0.1, 0.15) is 0 Å². The minimum absolute atomic E-state index is 0.0611. The summed E-state index contributed by atoms with van der Waals surface area (Å²) in [6.45, 7) is 2.97. The Morgan fingerprint density at radius 1 is 1.42 bits per heavy atom. The lowest BCUT2D eigenvalue weighted by atomic mass is 10.3. The molecule has 1 amide bonds. The van der Waals surface area contributed by atoms with Gasteiger partial charge in [-0.3, -0.25) is 14.9 Å². The molecule has 0 radical (unpaired) electrons. The van der Waals surface area contributed by atoms with Crippen LogP contribution in [0.5, 0.6) is 0 Å². The maximum Gasteiger partial charge on any atom is 0.289 e. The molecule has 1 aromatic carbocycles. The Bertz CT molecular complexity index is 929. The molecule has 8 nitrogen and oxygen atoms in total. The second-order valence-electron chi connectivity index (χ2n) is 4.99. The zero-order valence-electron chi connectivity index (χ0n) is 13.3. The van der Waals surface area contributed by atoms with Gasteiger partial charge < -0.3 is 5.32 Å². The van der Waals surface area contributed by atoms with Crippen LogP contribution in [0.3, 0.4) is 0 Å². The Balaban J connectivity index is 2.17. The molecule has 0 saturated carbocycles. The second kappa shape index (κ2) is 8.41. The molecule has 1 heterocycles. The summed E-state index contributed by atoms with van der Waals surface area (Å²) < 4.78 is 26.2. The highest BCUT2D eigenvalue weighted by molar-refractivity contribution is 7.91. The van der Waals surface area contributed by atoms with Crippen molar-refractivity contribution in [1.29, 1.82) is 0 Å². The fourth-order valence-electron chi connectivity index (χ4n) is 2.02. The van der Waals surface area contributed by atoms with Gasteiger partial charge in [0.1, 0.15) is 9.23 Å². The van der Waals surface area contributed by atoms with Crippen molar-refractivity contribution in [3.05, 3.63) is 63.5 Å². The van der Waals surface area contributed by atoms with Crippen molar-refractivity contribution in [3.63, 3.8) is 0 Å². The van der Waals surface area contributed by atoms with Gasteiger partial charge in [0.15, 0.2) is 0 Å². The smallest absolute Gasteiger partial charge is 0.289 e. The molecule has 0 bridgehead atoms. The van der Waals surface area contributed by atoms with Gasteiger partial charge in [-0.2, -0.15) is 4.31 Å². The third kappa shape index (κ3) is 4.67. The highest BCUT2D eigenvalue weighted by atomic mass is 35.5. The summed E-state index contributed by atoms with van der Waals surface area (Å²) in [5.74, 6) is -0.649. The standard InChI is InChI=1S/C15H14ClN3O5S2/c1-2-7-18(26(23,24)15-4-3-8-25-15)10-14(20)17-11-5-6-12(16)13(9-11)19(21)22/h2-6,8-9H,1,7,10H2,(H,17,20). The molecule has 0 aliphatic heterocycles. The van der Waals surface area contributed by atoms with Crippen molar-refractivity contribution < 1.29 is 18.1 Å². The molecule has 2 rings (SSSR count). The lowest BCUT2D eigenvalue weighted by Crippen LogP contribution is -2.37. The van der Waals surface area contributed by atoms with Gasteiger partial charge in [-0.15, -0.1) is 17.9 Å². The van der Waals surface area contributed by atoms with Gasteiger partial charge in [0.05, 0.1) is 11.5 Å². The van der Waals surface area contributed by atoms with Crippen molar-refractivity contribution >= 4 is 50.2 Å². The van der Waals surface area contributed by atoms with Crippen molar-refractivity contribution in [2.45, 2.75) is 4.21 Å². The molecule has 0 aliphatic rings. The molecule has 138 valence electrons. The number of anilines is 1. The zero-order chi connectivity index (χ0) is 19.3. The van der Waals surface area contributed by atoms with Gasteiger partial charge in [0.2, 0.25) is 5.91 Å². The van der Waals surface area contributed by atoms with Gasteiger partial charge in [-0.1, -0.05) is 23.7 Å². The van der Waals surface area contributed by atoms with Gasteiger partial charge >= 0.3 is 0 Å². The first-order chi connectivity index (χ1) is 12.3. The zero-order valence-corrected chi connectivity index (χ0v) is 15.7. The average molecular weight is 416 g/mol. The molecule has 0 unspecified atom stereocenters. The summed E-state index contributed by atoms with van der Waals surface area (Å²) in [5.41, 5.74) is -0.225. The van der Waals surface area contributed by atoms with Crippen molar-refractivity contribution in [3.8, 4) is 0 Å². The number of nitrogens with zero attached hydrogens (tertiary/aromatic N) is 2. The number of nitro benzene ring substituents is 1. The maximum absolute atomic E-state index is 12.6. The molecule has 0 aliphatic carbocycles. The summed E-state index contributed by atoms with van der Waals surface area (Å²) >= 11 is 6.76. The van der Waals surface area contributed by atoms with Gasteiger partial charge in [0, 0.05) is 18.3 Å². The second-order valence-corrected chi connectivity index (χ2v) is 8.51. The van der Waals surface area contributed by atoms with Crippen LogP contribution in [-0.2, 0) is 14.8 Å². The van der Waals surface area contributed by atoms with E-state index in [-0.39, 0.29) is 27.2 Å². The summed E-state index contributed by atoms with van der Waals surface area (Å²) in [6.07, 6.45) is 1.37. The van der Waals surface area contributed by atoms with Crippen molar-refractivity contribution in [2.24, 2.45) is 0 Å². The average Bonchev–Trinajstić information content (AvgIpc) is 3.11. The first-order valence-electron chi connectivity index (χ1n) is 7.14. The monoisotopic (exact) mass is 415 g/mol. The van der Waals surface area contributed by atoms with Crippen LogP contribution in [0.4, 0.5) is 11.4 Å². The van der Waals surface area contributed by atoms with Crippen LogP contribution < -0.4 is 5.32 Å². The molecule has 0 spiro atoms. The molecular weight excluding hydrogens is 402 g/mol. The SMILES string of the molecule is C=CCN(CC(=O)Nc1ccc(Cl)c([N+](=O)[O-])c1)S(=O)(=O)c1cccs1. The quantitative estimate of drug-likeness (QED) is 0.404. The summed E-state index contributed by atoms with van der Waals surface area (Å²) in [5, 5.41) is 14.9. The molecule has 0 fully saturated rings. The van der Waals surface area contributed by atoms with Gasteiger partial charge in [-0.25, -0.2) is 8.42 Å². The Labute approximate surface area is 158 Å². The van der Waals surface area contributed by atoms with Crippen LogP contribution in [0, 0.1) is 10.1 Å². The number of hydrogen-bond acceptors (Lipinski definition) is 6. The minimum atomic E-state index is -3.85. The van der Waals surface area contributed by atoms with E-state index in [1.807, 2.05) is 0 Å². The number of hydrogen-bond donors (Lipinski definition) is 1. The molecule has 2 aromatic rings. The van der Waals surface area contributed by atoms with Crippen LogP contribution in [0.2, 0.25) is 5.02 Å². The van der Waals surface area contributed by atoms with E-state index in [2.05, 4.69) is 11.9 Å². The molecule has 0 atom stereocenters. The molecule has 1 aromatic heterocycles. The number of thiophene rings is 1. The number of carbonyl (C=O) groups excluding carboxylic acids is 1. The number of rotatable bonds is 8. The van der Waals surface area contributed by atoms with E-state index in [4.69, 9.17) is 11.6 Å². The first-order valence-corrected chi connectivity index (χ1v) is 9.84. The van der Waals surface area contributed by atoms with E-state index < -0.39 is 27.4 Å². The minimum Gasteiger partial charge on any atom is -0.325 e. The summed E-state index contributed by atoms with van der Waals surface area (Å²) in [6, 6.07) is 6.80. The van der Waals surface area contributed by atoms with Crippen molar-refractivity contribution in [1.82, 2.24) is 4.31 Å². The fraction of sp³-hybridized carbons (Fsp3) is 0.133. The lowest BCUT2D eigenvalue weighted by molar-refractivity contribution is -0.384. The molecule has 1 N–H and O–H groups in total. The number of halogens is 1. The van der Waals surface area contributed by atoms with Gasteiger partial charge in [0.25, 0.3) is 15.7 Å². The van der Waals surface area contributed by atoms with E-state index >= 15 is 0 Å². The molecule has 0 saturated heterocycles. The number of benzene rings is 1. The molecule has 11 heteroatoms. The third-order valence-corrected chi connectivity index (χ3v) is 6.67. The van der Waals surface area contributed by atoms with Crippen molar-refractivity contribution in [2.75, 3.05) is 18.4 Å². The third-order valence-electron chi connectivity index (χ3n) is 3.17. The number of carbonyl (C=O) groups is 1. The van der Waals surface area contributed by atoms with E-state index in [0.29, 0.717) is 0 Å². The van der Waals surface area contributed by atoms with Crippen LogP contribution >= 0.6 is 22.9 Å². The van der Waals surface area contributed by atoms with E-state index in [9.17, 15) is 23.3 Å². The van der Waals surface area contributed by atoms with Crippen LogP contribution in [0.25, 0.3) is 0 Å². The lowest BCUT2D eigenvalue weighted by Gasteiger charge is -2.19. The van der Waals surface area contributed by atoms with Crippen LogP contribution in [0.15, 0.2) is 52.6 Å².